The molecule has 0 atom stereocenters. The summed E-state index contributed by atoms with van der Waals surface area (Å²) in [4.78, 5) is 9.02. The summed E-state index contributed by atoms with van der Waals surface area (Å²) >= 11 is 1.61. The highest BCUT2D eigenvalue weighted by Crippen LogP contribution is 2.40. The molecule has 4 heterocycles. The van der Waals surface area contributed by atoms with Gasteiger partial charge in [-0.2, -0.15) is 5.10 Å². The molecule has 9 heteroatoms. The van der Waals surface area contributed by atoms with Crippen LogP contribution in [0.3, 0.4) is 0 Å². The number of nitrogens with one attached hydrogen (secondary N) is 2. The molecule has 1 fully saturated rings. The maximum Gasteiger partial charge on any atom is 0.151 e. The van der Waals surface area contributed by atoms with Gasteiger partial charge in [-0.05, 0) is 25.0 Å². The summed E-state index contributed by atoms with van der Waals surface area (Å²) in [6.45, 7) is 0. The zero-order chi connectivity index (χ0) is 17.5. The van der Waals surface area contributed by atoms with Crippen molar-refractivity contribution in [3.63, 3.8) is 0 Å². The van der Waals surface area contributed by atoms with E-state index >= 15 is 0 Å². The van der Waals surface area contributed by atoms with Crippen LogP contribution in [0, 0.1) is 0 Å². The van der Waals surface area contributed by atoms with Gasteiger partial charge in [0.25, 0.3) is 0 Å². The van der Waals surface area contributed by atoms with Crippen LogP contribution in [0.1, 0.15) is 30.2 Å². The fourth-order valence-corrected chi connectivity index (χ4v) is 3.99. The number of nitrogen functional groups attached to an aromatic ring is 1. The highest BCUT2D eigenvalue weighted by Gasteiger charge is 2.24. The third kappa shape index (κ3) is 2.66. The molecular formula is C17H16N8S. The van der Waals surface area contributed by atoms with Gasteiger partial charge >= 0.3 is 0 Å². The minimum Gasteiger partial charge on any atom is -0.383 e. The first-order chi connectivity index (χ1) is 12.8. The molecule has 0 aliphatic heterocycles. The van der Waals surface area contributed by atoms with E-state index in [0.717, 1.165) is 38.0 Å². The van der Waals surface area contributed by atoms with Crippen molar-refractivity contribution < 1.29 is 0 Å². The second-order valence-corrected chi connectivity index (χ2v) is 7.38. The predicted molar refractivity (Wildman–Crippen MR) is 101 cm³/mol. The Morgan fingerprint density at radius 1 is 1.12 bits per heavy atom. The van der Waals surface area contributed by atoms with Crippen molar-refractivity contribution in [1.29, 1.82) is 0 Å². The number of H-pyrrole nitrogens is 1. The van der Waals surface area contributed by atoms with Crippen LogP contribution in [-0.2, 0) is 0 Å². The Morgan fingerprint density at radius 3 is 2.81 bits per heavy atom. The summed E-state index contributed by atoms with van der Waals surface area (Å²) in [5.41, 5.74) is 10.2. The number of fused-ring (bicyclic) bond motifs is 1. The maximum absolute atomic E-state index is 6.20. The number of pyridine rings is 2. The number of aromatic amines is 1. The van der Waals surface area contributed by atoms with Crippen LogP contribution >= 0.6 is 11.3 Å². The fourth-order valence-electron chi connectivity index (χ4n) is 2.95. The molecule has 0 spiro atoms. The lowest BCUT2D eigenvalue weighted by Crippen LogP contribution is -2.07. The number of hydrogen-bond acceptors (Lipinski definition) is 8. The normalized spacial score (nSPS) is 14.5. The van der Waals surface area contributed by atoms with Crippen molar-refractivity contribution in [3.8, 4) is 10.6 Å². The Hall–Kier alpha value is -3.07. The zero-order valence-corrected chi connectivity index (χ0v) is 14.6. The number of nitrogens with two attached hydrogens (primary N) is 1. The molecule has 26 heavy (non-hydrogen) atoms. The van der Waals surface area contributed by atoms with Gasteiger partial charge in [0, 0.05) is 12.1 Å². The Kier molecular flexibility index (Phi) is 3.52. The fraction of sp³-hybridized carbons (Fsp3) is 0.235. The van der Waals surface area contributed by atoms with Crippen molar-refractivity contribution >= 4 is 39.6 Å². The van der Waals surface area contributed by atoms with E-state index < -0.39 is 0 Å². The summed E-state index contributed by atoms with van der Waals surface area (Å²) < 4.78 is 0. The number of hydrogen-bond donors (Lipinski definition) is 3. The van der Waals surface area contributed by atoms with Gasteiger partial charge < -0.3 is 11.1 Å². The quantitative estimate of drug-likeness (QED) is 0.507. The highest BCUT2D eigenvalue weighted by molar-refractivity contribution is 7.14. The molecule has 0 amide bonds. The van der Waals surface area contributed by atoms with Crippen molar-refractivity contribution in [2.24, 2.45) is 0 Å². The summed E-state index contributed by atoms with van der Waals surface area (Å²) in [5, 5.41) is 20.4. The van der Waals surface area contributed by atoms with Crippen LogP contribution in [-0.4, -0.2) is 30.4 Å². The second kappa shape index (κ2) is 6.03. The van der Waals surface area contributed by atoms with E-state index in [4.69, 9.17) is 5.73 Å². The molecule has 4 N–H and O–H groups in total. The largest absolute Gasteiger partial charge is 0.383 e. The van der Waals surface area contributed by atoms with Gasteiger partial charge in [0.2, 0.25) is 0 Å². The molecule has 4 aromatic rings. The van der Waals surface area contributed by atoms with Gasteiger partial charge in [-0.25, -0.2) is 4.98 Å². The molecule has 8 nitrogen and oxygen atoms in total. The Balaban J connectivity index is 1.49. The third-order valence-corrected chi connectivity index (χ3v) is 5.73. The molecular weight excluding hydrogens is 348 g/mol. The monoisotopic (exact) mass is 364 g/mol. The van der Waals surface area contributed by atoms with Crippen LogP contribution in [0.15, 0.2) is 30.7 Å². The number of rotatable bonds is 4. The third-order valence-electron chi connectivity index (χ3n) is 4.61. The summed E-state index contributed by atoms with van der Waals surface area (Å²) in [7, 11) is 0. The van der Waals surface area contributed by atoms with Crippen molar-refractivity contribution in [2.75, 3.05) is 11.1 Å². The topological polar surface area (TPSA) is 118 Å². The molecule has 0 radical (unpaired) electrons. The molecule has 1 aliphatic rings. The molecule has 0 unspecified atom stereocenters. The van der Waals surface area contributed by atoms with E-state index in [0.29, 0.717) is 11.7 Å². The molecule has 4 aromatic heterocycles. The van der Waals surface area contributed by atoms with E-state index in [2.05, 4.69) is 35.7 Å². The van der Waals surface area contributed by atoms with Crippen LogP contribution in [0.2, 0.25) is 0 Å². The molecule has 130 valence electrons. The molecule has 1 saturated carbocycles. The number of nitrogens with zero attached hydrogens (tertiary/aromatic N) is 5. The van der Waals surface area contributed by atoms with Crippen LogP contribution in [0.4, 0.5) is 17.2 Å². The molecule has 1 aliphatic carbocycles. The van der Waals surface area contributed by atoms with E-state index in [1.54, 1.807) is 29.9 Å². The van der Waals surface area contributed by atoms with Crippen LogP contribution in [0.25, 0.3) is 21.6 Å². The van der Waals surface area contributed by atoms with Gasteiger partial charge in [-0.3, -0.25) is 10.1 Å². The van der Waals surface area contributed by atoms with E-state index in [1.165, 1.54) is 19.3 Å². The number of aromatic nitrogens is 6. The van der Waals surface area contributed by atoms with Gasteiger partial charge in [0.1, 0.15) is 10.8 Å². The van der Waals surface area contributed by atoms with Crippen molar-refractivity contribution in [1.82, 2.24) is 30.4 Å². The van der Waals surface area contributed by atoms with Gasteiger partial charge in [-0.15, -0.1) is 10.2 Å². The zero-order valence-electron chi connectivity index (χ0n) is 13.8. The lowest BCUT2D eigenvalue weighted by Gasteiger charge is -2.21. The minimum atomic E-state index is 0.441. The molecule has 0 saturated heterocycles. The summed E-state index contributed by atoms with van der Waals surface area (Å²) in [6, 6.07) is 3.85. The molecule has 0 aromatic carbocycles. The SMILES string of the molecule is Nc1nc2cc(Nc3cn[nH]c3)cnc2cc1-c1nnc(C2CCC2)s1. The maximum atomic E-state index is 6.20. The summed E-state index contributed by atoms with van der Waals surface area (Å²) in [5.74, 6) is 1.00. The Morgan fingerprint density at radius 2 is 2.04 bits per heavy atom. The summed E-state index contributed by atoms with van der Waals surface area (Å²) in [6.07, 6.45) is 8.91. The lowest BCUT2D eigenvalue weighted by molar-refractivity contribution is 0.416. The second-order valence-electron chi connectivity index (χ2n) is 6.37. The average Bonchev–Trinajstić information content (AvgIpc) is 3.25. The lowest BCUT2D eigenvalue weighted by atomic mass is 9.86. The Bertz CT molecular complexity index is 1070. The first-order valence-electron chi connectivity index (χ1n) is 8.42. The first kappa shape index (κ1) is 15.2. The molecule has 5 rings (SSSR count). The standard InChI is InChI=1S/C17H16N8S/c18-15-12(17-25-24-16(26-17)9-2-1-3-9)5-13-14(23-15)4-10(6-19-13)22-11-7-20-21-8-11/h4-9,22H,1-3H2,(H2,18,23)(H,20,21). The van der Waals surface area contributed by atoms with Gasteiger partial charge in [0.15, 0.2) is 5.01 Å². The highest BCUT2D eigenvalue weighted by atomic mass is 32.1. The van der Waals surface area contributed by atoms with Gasteiger partial charge in [0.05, 0.1) is 40.4 Å². The van der Waals surface area contributed by atoms with E-state index in [9.17, 15) is 0 Å². The average molecular weight is 364 g/mol. The van der Waals surface area contributed by atoms with Crippen LogP contribution in [0.5, 0.6) is 0 Å². The minimum absolute atomic E-state index is 0.441. The van der Waals surface area contributed by atoms with Crippen molar-refractivity contribution in [2.45, 2.75) is 25.2 Å². The predicted octanol–water partition coefficient (Wildman–Crippen LogP) is 3.46. The molecule has 0 bridgehead atoms. The van der Waals surface area contributed by atoms with E-state index in [-0.39, 0.29) is 0 Å². The van der Waals surface area contributed by atoms with Gasteiger partial charge in [-0.1, -0.05) is 17.8 Å². The van der Waals surface area contributed by atoms with E-state index in [1.807, 2.05) is 12.1 Å². The Labute approximate surface area is 152 Å². The van der Waals surface area contributed by atoms with Crippen LogP contribution < -0.4 is 11.1 Å². The first-order valence-corrected chi connectivity index (χ1v) is 9.24. The number of anilines is 3. The van der Waals surface area contributed by atoms with Crippen molar-refractivity contribution in [3.05, 3.63) is 35.7 Å². The smallest absolute Gasteiger partial charge is 0.151 e.